The first-order valence-electron chi connectivity index (χ1n) is 7.93. The van der Waals surface area contributed by atoms with Gasteiger partial charge < -0.3 is 4.90 Å². The molecule has 1 fully saturated rings. The van der Waals surface area contributed by atoms with Crippen LogP contribution in [-0.2, 0) is 4.79 Å². The molecule has 0 aromatic heterocycles. The van der Waals surface area contributed by atoms with Gasteiger partial charge in [0.1, 0.15) is 0 Å². The van der Waals surface area contributed by atoms with E-state index in [0.717, 1.165) is 19.6 Å². The molecule has 0 spiro atoms. The van der Waals surface area contributed by atoms with Gasteiger partial charge in [0.25, 0.3) is 0 Å². The second-order valence-electron chi connectivity index (χ2n) is 6.88. The van der Waals surface area contributed by atoms with Crippen molar-refractivity contribution in [1.82, 2.24) is 10.2 Å². The van der Waals surface area contributed by atoms with Crippen LogP contribution in [0.4, 0.5) is 0 Å². The van der Waals surface area contributed by atoms with Crippen LogP contribution in [0.1, 0.15) is 66.7 Å². The number of nitrogens with one attached hydrogen (secondary N) is 1. The predicted molar refractivity (Wildman–Crippen MR) is 80.9 cm³/mol. The maximum absolute atomic E-state index is 12.4. The molecule has 0 aromatic rings. The Labute approximate surface area is 119 Å². The molecule has 19 heavy (non-hydrogen) atoms. The smallest absolute Gasteiger partial charge is 0.241 e. The minimum atomic E-state index is 0.0384. The quantitative estimate of drug-likeness (QED) is 0.684. The predicted octanol–water partition coefficient (Wildman–Crippen LogP) is 3.40. The van der Waals surface area contributed by atoms with Gasteiger partial charge in [0.2, 0.25) is 5.91 Å². The second kappa shape index (κ2) is 7.28. The Morgan fingerprint density at radius 3 is 2.63 bits per heavy atom. The lowest BCUT2D eigenvalue weighted by Crippen LogP contribution is -2.39. The summed E-state index contributed by atoms with van der Waals surface area (Å²) in [5.74, 6) is 0.735. The Balaban J connectivity index is 2.47. The van der Waals surface area contributed by atoms with Crippen LogP contribution < -0.4 is 5.32 Å². The standard InChI is InChI=1S/C16H32N2O/c1-6-8-9-10-16(4,5)11-18-12-17-14(15(18)19)13(3)7-2/h13-14,17H,6-12H2,1-5H3. The van der Waals surface area contributed by atoms with Gasteiger partial charge in [-0.25, -0.2) is 0 Å². The van der Waals surface area contributed by atoms with Crippen molar-refractivity contribution < 1.29 is 4.79 Å². The molecule has 1 amide bonds. The summed E-state index contributed by atoms with van der Waals surface area (Å²) in [4.78, 5) is 14.4. The third kappa shape index (κ3) is 4.79. The molecule has 1 N–H and O–H groups in total. The molecule has 0 bridgehead atoms. The molecule has 3 nitrogen and oxygen atoms in total. The summed E-state index contributed by atoms with van der Waals surface area (Å²) in [5.41, 5.74) is 0.233. The van der Waals surface area contributed by atoms with Crippen molar-refractivity contribution >= 4 is 5.91 Å². The average Bonchev–Trinajstić information content (AvgIpc) is 2.70. The van der Waals surface area contributed by atoms with Crippen molar-refractivity contribution in [3.05, 3.63) is 0 Å². The number of unbranched alkanes of at least 4 members (excludes halogenated alkanes) is 2. The van der Waals surface area contributed by atoms with Gasteiger partial charge in [-0.2, -0.15) is 0 Å². The van der Waals surface area contributed by atoms with Crippen molar-refractivity contribution in [3.63, 3.8) is 0 Å². The average molecular weight is 268 g/mol. The number of hydrogen-bond acceptors (Lipinski definition) is 2. The molecule has 0 radical (unpaired) electrons. The van der Waals surface area contributed by atoms with Crippen molar-refractivity contribution in [2.45, 2.75) is 72.8 Å². The lowest BCUT2D eigenvalue weighted by molar-refractivity contribution is -0.131. The minimum Gasteiger partial charge on any atom is -0.328 e. The highest BCUT2D eigenvalue weighted by Crippen LogP contribution is 2.27. The lowest BCUT2D eigenvalue weighted by atomic mass is 9.86. The molecule has 3 heteroatoms. The highest BCUT2D eigenvalue weighted by molar-refractivity contribution is 5.84. The van der Waals surface area contributed by atoms with E-state index in [2.05, 4.69) is 39.9 Å². The van der Waals surface area contributed by atoms with E-state index >= 15 is 0 Å². The fourth-order valence-electron chi connectivity index (χ4n) is 2.83. The van der Waals surface area contributed by atoms with Crippen molar-refractivity contribution in [3.8, 4) is 0 Å². The van der Waals surface area contributed by atoms with Crippen molar-refractivity contribution in [2.24, 2.45) is 11.3 Å². The fourth-order valence-corrected chi connectivity index (χ4v) is 2.83. The maximum atomic E-state index is 12.4. The first kappa shape index (κ1) is 16.5. The van der Waals surface area contributed by atoms with E-state index in [1.165, 1.54) is 25.7 Å². The van der Waals surface area contributed by atoms with Gasteiger partial charge in [0.05, 0.1) is 12.7 Å². The molecule has 1 aliphatic heterocycles. The van der Waals surface area contributed by atoms with E-state index in [1.807, 2.05) is 4.90 Å². The Bertz CT molecular complexity index is 288. The Morgan fingerprint density at radius 1 is 1.37 bits per heavy atom. The summed E-state index contributed by atoms with van der Waals surface area (Å²) in [6.07, 6.45) is 6.09. The largest absolute Gasteiger partial charge is 0.328 e. The topological polar surface area (TPSA) is 32.3 Å². The van der Waals surface area contributed by atoms with E-state index in [-0.39, 0.29) is 11.5 Å². The molecule has 1 saturated heterocycles. The third-order valence-corrected chi connectivity index (χ3v) is 4.37. The van der Waals surface area contributed by atoms with Crippen molar-refractivity contribution in [1.29, 1.82) is 0 Å². The molecular formula is C16H32N2O. The molecular weight excluding hydrogens is 236 g/mol. The fraction of sp³-hybridized carbons (Fsp3) is 0.938. The molecule has 1 rings (SSSR count). The van der Waals surface area contributed by atoms with Crippen LogP contribution in [-0.4, -0.2) is 30.1 Å². The van der Waals surface area contributed by atoms with Crippen LogP contribution in [0.2, 0.25) is 0 Å². The Morgan fingerprint density at radius 2 is 2.05 bits per heavy atom. The zero-order valence-corrected chi connectivity index (χ0v) is 13.5. The van der Waals surface area contributed by atoms with Gasteiger partial charge in [-0.1, -0.05) is 60.3 Å². The molecule has 0 saturated carbocycles. The molecule has 1 heterocycles. The van der Waals surface area contributed by atoms with Crippen molar-refractivity contribution in [2.75, 3.05) is 13.2 Å². The van der Waals surface area contributed by atoms with E-state index in [1.54, 1.807) is 0 Å². The number of hydrogen-bond donors (Lipinski definition) is 1. The SMILES string of the molecule is CCCCCC(C)(C)CN1CNC(C(C)CC)C1=O. The zero-order valence-electron chi connectivity index (χ0n) is 13.5. The molecule has 0 aliphatic carbocycles. The third-order valence-electron chi connectivity index (χ3n) is 4.37. The van der Waals surface area contributed by atoms with Gasteiger partial charge in [-0.3, -0.25) is 10.1 Å². The molecule has 112 valence electrons. The number of amides is 1. The number of carbonyl (C=O) groups excluding carboxylic acids is 1. The highest BCUT2D eigenvalue weighted by Gasteiger charge is 2.36. The van der Waals surface area contributed by atoms with Crippen LogP contribution in [0, 0.1) is 11.3 Å². The van der Waals surface area contributed by atoms with Crippen LogP contribution in [0.3, 0.4) is 0 Å². The monoisotopic (exact) mass is 268 g/mol. The van der Waals surface area contributed by atoms with Crippen LogP contribution in [0.5, 0.6) is 0 Å². The maximum Gasteiger partial charge on any atom is 0.241 e. The van der Waals surface area contributed by atoms with Gasteiger partial charge in [0, 0.05) is 6.54 Å². The first-order valence-corrected chi connectivity index (χ1v) is 7.93. The van der Waals surface area contributed by atoms with E-state index in [9.17, 15) is 4.79 Å². The first-order chi connectivity index (χ1) is 8.91. The number of carbonyl (C=O) groups is 1. The summed E-state index contributed by atoms with van der Waals surface area (Å²) in [5, 5.41) is 3.37. The lowest BCUT2D eigenvalue weighted by Gasteiger charge is -2.30. The van der Waals surface area contributed by atoms with Gasteiger partial charge >= 0.3 is 0 Å². The van der Waals surface area contributed by atoms with E-state index in [4.69, 9.17) is 0 Å². The highest BCUT2D eigenvalue weighted by atomic mass is 16.2. The summed E-state index contributed by atoms with van der Waals surface area (Å²) < 4.78 is 0. The summed E-state index contributed by atoms with van der Waals surface area (Å²) in [6, 6.07) is 0.0384. The molecule has 2 unspecified atom stereocenters. The summed E-state index contributed by atoms with van der Waals surface area (Å²) >= 11 is 0. The molecule has 1 aliphatic rings. The number of nitrogens with zero attached hydrogens (tertiary/aromatic N) is 1. The van der Waals surface area contributed by atoms with Gasteiger partial charge in [-0.05, 0) is 17.8 Å². The Kier molecular flexibility index (Phi) is 6.31. The van der Waals surface area contributed by atoms with E-state index in [0.29, 0.717) is 11.8 Å². The van der Waals surface area contributed by atoms with Gasteiger partial charge in [0.15, 0.2) is 0 Å². The minimum absolute atomic E-state index is 0.0384. The normalized spacial score (nSPS) is 22.1. The Hall–Kier alpha value is -0.570. The van der Waals surface area contributed by atoms with Crippen LogP contribution >= 0.6 is 0 Å². The van der Waals surface area contributed by atoms with E-state index < -0.39 is 0 Å². The molecule has 2 atom stereocenters. The van der Waals surface area contributed by atoms with Gasteiger partial charge in [-0.15, -0.1) is 0 Å². The summed E-state index contributed by atoms with van der Waals surface area (Å²) in [6.45, 7) is 12.7. The van der Waals surface area contributed by atoms with Crippen LogP contribution in [0.25, 0.3) is 0 Å². The zero-order chi connectivity index (χ0) is 14.5. The summed E-state index contributed by atoms with van der Waals surface area (Å²) in [7, 11) is 0. The second-order valence-corrected chi connectivity index (χ2v) is 6.88. The molecule has 0 aromatic carbocycles. The number of rotatable bonds is 8. The van der Waals surface area contributed by atoms with Crippen LogP contribution in [0.15, 0.2) is 0 Å².